The number of hydrogen-bond acceptors (Lipinski definition) is 9. The molecular weight excluding hydrogens is 502 g/mol. The fourth-order valence-electron chi connectivity index (χ4n) is 4.60. The van der Waals surface area contributed by atoms with E-state index in [-0.39, 0.29) is 11.9 Å². The van der Waals surface area contributed by atoms with Crippen LogP contribution in [0.2, 0.25) is 0 Å². The number of fused-ring (bicyclic) bond motifs is 1. The highest BCUT2D eigenvalue weighted by Gasteiger charge is 2.31. The minimum atomic E-state index is -0.759. The summed E-state index contributed by atoms with van der Waals surface area (Å²) in [6.45, 7) is 8.65. The highest BCUT2D eigenvalue weighted by atomic mass is 16.8. The standard InChI is InChI=1S/C28H35N5O6/c1-16-22(26(34)32-18-10-11-33(13-18)39-27(35)38-28(2,3)4)24-25(31-16)23(29-15-30-24)20-9-8-19(36-5)12-21(20)37-14-17-6-7-17/h8-9,12,15,17-18,31H,6-7,10-11,13-14H2,1-5H3,(H,32,34)/t18-/m1/s1. The zero-order chi connectivity index (χ0) is 27.7. The SMILES string of the molecule is COc1ccc(-c2ncnc3c(C(=O)N[C@@H]4CCN(OC(=O)OC(C)(C)C)C4)c(C)[nH]c23)c(OCC2CC2)c1. The molecule has 2 aliphatic rings. The lowest BCUT2D eigenvalue weighted by molar-refractivity contribution is -0.130. The second-order valence-electron chi connectivity index (χ2n) is 11.1. The van der Waals surface area contributed by atoms with Crippen molar-refractivity contribution in [1.29, 1.82) is 0 Å². The number of H-pyrrole nitrogens is 1. The zero-order valence-electron chi connectivity index (χ0n) is 23.0. The topological polar surface area (TPSA) is 128 Å². The van der Waals surface area contributed by atoms with E-state index in [2.05, 4.69) is 20.3 Å². The number of aromatic amines is 1. The second kappa shape index (κ2) is 10.7. The van der Waals surface area contributed by atoms with E-state index in [1.165, 1.54) is 24.2 Å². The Morgan fingerprint density at radius 3 is 2.69 bits per heavy atom. The van der Waals surface area contributed by atoms with Crippen LogP contribution in [-0.2, 0) is 9.57 Å². The molecule has 1 aliphatic heterocycles. The molecule has 0 spiro atoms. The number of rotatable bonds is 8. The summed E-state index contributed by atoms with van der Waals surface area (Å²) >= 11 is 0. The van der Waals surface area contributed by atoms with E-state index in [0.29, 0.717) is 71.5 Å². The van der Waals surface area contributed by atoms with E-state index < -0.39 is 11.8 Å². The average molecular weight is 538 g/mol. The molecule has 1 aromatic carbocycles. The third-order valence-electron chi connectivity index (χ3n) is 6.69. The summed E-state index contributed by atoms with van der Waals surface area (Å²) in [4.78, 5) is 43.0. The number of amides is 1. The van der Waals surface area contributed by atoms with Crippen LogP contribution in [0.25, 0.3) is 22.3 Å². The highest BCUT2D eigenvalue weighted by Crippen LogP contribution is 2.38. The quantitative estimate of drug-likeness (QED) is 0.402. The lowest BCUT2D eigenvalue weighted by Crippen LogP contribution is -2.38. The van der Waals surface area contributed by atoms with Crippen molar-refractivity contribution in [3.8, 4) is 22.8 Å². The normalized spacial score (nSPS) is 17.7. The Balaban J connectivity index is 1.34. The van der Waals surface area contributed by atoms with E-state index in [4.69, 9.17) is 19.0 Å². The third-order valence-corrected chi connectivity index (χ3v) is 6.69. The number of benzene rings is 1. The van der Waals surface area contributed by atoms with E-state index in [0.717, 1.165) is 5.56 Å². The second-order valence-corrected chi connectivity index (χ2v) is 11.1. The van der Waals surface area contributed by atoms with Crippen LogP contribution in [0, 0.1) is 12.8 Å². The number of ether oxygens (including phenoxy) is 3. The highest BCUT2D eigenvalue weighted by molar-refractivity contribution is 6.09. The first-order valence-electron chi connectivity index (χ1n) is 13.2. The van der Waals surface area contributed by atoms with Crippen LogP contribution in [0.15, 0.2) is 24.5 Å². The van der Waals surface area contributed by atoms with Crippen molar-refractivity contribution < 1.29 is 28.6 Å². The summed E-state index contributed by atoms with van der Waals surface area (Å²) in [6, 6.07) is 5.44. The maximum atomic E-state index is 13.4. The molecule has 0 unspecified atom stereocenters. The zero-order valence-corrected chi connectivity index (χ0v) is 23.0. The van der Waals surface area contributed by atoms with Crippen molar-refractivity contribution in [2.45, 2.75) is 58.6 Å². The Labute approximate surface area is 227 Å². The molecule has 3 aromatic rings. The van der Waals surface area contributed by atoms with Crippen molar-refractivity contribution in [2.24, 2.45) is 5.92 Å². The maximum Gasteiger partial charge on any atom is 0.528 e. The number of hydrogen-bond donors (Lipinski definition) is 2. The van der Waals surface area contributed by atoms with Crippen molar-refractivity contribution in [2.75, 3.05) is 26.8 Å². The molecule has 11 nitrogen and oxygen atoms in total. The predicted molar refractivity (Wildman–Crippen MR) is 144 cm³/mol. The lowest BCUT2D eigenvalue weighted by Gasteiger charge is -2.21. The van der Waals surface area contributed by atoms with E-state index in [1.807, 2.05) is 25.1 Å². The first-order chi connectivity index (χ1) is 18.6. The van der Waals surface area contributed by atoms with Crippen LogP contribution < -0.4 is 14.8 Å². The lowest BCUT2D eigenvalue weighted by atomic mass is 10.1. The minimum absolute atomic E-state index is 0.199. The van der Waals surface area contributed by atoms with Gasteiger partial charge in [-0.05, 0) is 65.0 Å². The smallest absolute Gasteiger partial charge is 0.497 e. The minimum Gasteiger partial charge on any atom is -0.497 e. The molecule has 0 bridgehead atoms. The number of aromatic nitrogens is 3. The number of carbonyl (C=O) groups is 2. The molecular formula is C28H35N5O6. The van der Waals surface area contributed by atoms with Gasteiger partial charge in [-0.1, -0.05) is 0 Å². The molecule has 5 rings (SSSR count). The van der Waals surface area contributed by atoms with Crippen LogP contribution in [-0.4, -0.2) is 70.5 Å². The Morgan fingerprint density at radius 1 is 1.18 bits per heavy atom. The van der Waals surface area contributed by atoms with Gasteiger partial charge in [-0.15, -0.1) is 5.06 Å². The average Bonchev–Trinajstić information content (AvgIpc) is 3.50. The van der Waals surface area contributed by atoms with Gasteiger partial charge in [0.15, 0.2) is 0 Å². The van der Waals surface area contributed by atoms with Crippen molar-refractivity contribution in [3.63, 3.8) is 0 Å². The van der Waals surface area contributed by atoms with Crippen molar-refractivity contribution >= 4 is 23.1 Å². The van der Waals surface area contributed by atoms with E-state index >= 15 is 0 Å². The van der Waals surface area contributed by atoms with Crippen LogP contribution in [0.1, 0.15) is 56.1 Å². The van der Waals surface area contributed by atoms with Gasteiger partial charge in [-0.25, -0.2) is 14.8 Å². The molecule has 1 aliphatic carbocycles. The molecule has 208 valence electrons. The van der Waals surface area contributed by atoms with Gasteiger partial charge in [-0.3, -0.25) is 4.79 Å². The number of aryl methyl sites for hydroxylation is 1. The van der Waals surface area contributed by atoms with Gasteiger partial charge in [-0.2, -0.15) is 0 Å². The van der Waals surface area contributed by atoms with Crippen molar-refractivity contribution in [1.82, 2.24) is 25.3 Å². The largest absolute Gasteiger partial charge is 0.528 e. The van der Waals surface area contributed by atoms with Gasteiger partial charge in [0.1, 0.15) is 34.6 Å². The summed E-state index contributed by atoms with van der Waals surface area (Å²) < 4.78 is 16.8. The van der Waals surface area contributed by atoms with E-state index in [1.54, 1.807) is 27.9 Å². The summed E-state index contributed by atoms with van der Waals surface area (Å²) in [5.41, 5.74) is 3.11. The molecule has 39 heavy (non-hydrogen) atoms. The summed E-state index contributed by atoms with van der Waals surface area (Å²) in [5.74, 6) is 1.69. The summed E-state index contributed by atoms with van der Waals surface area (Å²) in [5, 5.41) is 4.56. The van der Waals surface area contributed by atoms with Gasteiger partial charge in [0, 0.05) is 29.9 Å². The van der Waals surface area contributed by atoms with Crippen LogP contribution in [0.3, 0.4) is 0 Å². The molecule has 0 radical (unpaired) electrons. The van der Waals surface area contributed by atoms with Gasteiger partial charge < -0.3 is 29.3 Å². The molecule has 1 saturated heterocycles. The third kappa shape index (κ3) is 6.25. The first-order valence-corrected chi connectivity index (χ1v) is 13.2. The fourth-order valence-corrected chi connectivity index (χ4v) is 4.60. The molecule has 3 heterocycles. The van der Waals surface area contributed by atoms with E-state index in [9.17, 15) is 9.59 Å². The van der Waals surface area contributed by atoms with Crippen LogP contribution in [0.5, 0.6) is 11.5 Å². The number of carbonyl (C=O) groups excluding carboxylic acids is 2. The monoisotopic (exact) mass is 537 g/mol. The molecule has 2 aromatic heterocycles. The Kier molecular flexibility index (Phi) is 7.35. The molecule has 2 N–H and O–H groups in total. The van der Waals surface area contributed by atoms with Gasteiger partial charge >= 0.3 is 6.16 Å². The Hall–Kier alpha value is -3.86. The summed E-state index contributed by atoms with van der Waals surface area (Å²) in [7, 11) is 1.62. The van der Waals surface area contributed by atoms with Crippen LogP contribution in [0.4, 0.5) is 4.79 Å². The molecule has 1 amide bonds. The van der Waals surface area contributed by atoms with Crippen molar-refractivity contribution in [3.05, 3.63) is 35.8 Å². The molecule has 1 atom stereocenters. The summed E-state index contributed by atoms with van der Waals surface area (Å²) in [6.07, 6.45) is 3.69. The van der Waals surface area contributed by atoms with Crippen LogP contribution >= 0.6 is 0 Å². The Morgan fingerprint density at radius 2 is 1.97 bits per heavy atom. The molecule has 2 fully saturated rings. The fraction of sp³-hybridized carbons (Fsp3) is 0.500. The first kappa shape index (κ1) is 26.7. The van der Waals surface area contributed by atoms with Gasteiger partial charge in [0.2, 0.25) is 0 Å². The molecule has 11 heteroatoms. The predicted octanol–water partition coefficient (Wildman–Crippen LogP) is 4.40. The number of nitrogens with zero attached hydrogens (tertiary/aromatic N) is 3. The van der Waals surface area contributed by atoms with Gasteiger partial charge in [0.25, 0.3) is 5.91 Å². The Bertz CT molecular complexity index is 1380. The number of hydroxylamine groups is 2. The maximum absolute atomic E-state index is 13.4. The molecule has 1 saturated carbocycles. The number of methoxy groups -OCH3 is 1. The van der Waals surface area contributed by atoms with Gasteiger partial charge in [0.05, 0.1) is 31.3 Å². The number of nitrogens with one attached hydrogen (secondary N) is 2.